The Morgan fingerprint density at radius 1 is 1.10 bits per heavy atom. The van der Waals surface area contributed by atoms with Gasteiger partial charge in [0, 0.05) is 38.3 Å². The number of para-hydroxylation sites is 1. The van der Waals surface area contributed by atoms with E-state index in [1.807, 2.05) is 96.6 Å². The normalized spacial score (nSPS) is 12.6. The maximum Gasteiger partial charge on any atom is 0.194 e. The number of aliphatic hydroxyl groups is 1. The average Bonchev–Trinajstić information content (AvgIpc) is 3.21. The number of hydrogen-bond donors (Lipinski definition) is 2. The Kier molecular flexibility index (Phi) is 7.41. The minimum atomic E-state index is -0.514. The highest BCUT2D eigenvalue weighted by Crippen LogP contribution is 2.09. The van der Waals surface area contributed by atoms with Gasteiger partial charge in [-0.05, 0) is 24.6 Å². The Hall–Kier alpha value is -3.12. The summed E-state index contributed by atoms with van der Waals surface area (Å²) < 4.78 is 1.87. The molecule has 0 aliphatic rings. The molecule has 0 aliphatic carbocycles. The molecule has 6 heteroatoms. The molecule has 0 bridgehead atoms. The van der Waals surface area contributed by atoms with Crippen LogP contribution in [-0.4, -0.2) is 52.0 Å². The van der Waals surface area contributed by atoms with Gasteiger partial charge in [0.2, 0.25) is 0 Å². The van der Waals surface area contributed by atoms with Gasteiger partial charge < -0.3 is 15.3 Å². The number of aromatic nitrogens is 2. The molecule has 6 nitrogen and oxygen atoms in total. The highest BCUT2D eigenvalue weighted by atomic mass is 16.3. The van der Waals surface area contributed by atoms with Crippen molar-refractivity contribution in [1.82, 2.24) is 20.0 Å². The number of nitrogens with zero attached hydrogens (tertiary/aromatic N) is 4. The van der Waals surface area contributed by atoms with E-state index in [4.69, 9.17) is 0 Å². The van der Waals surface area contributed by atoms with E-state index in [1.54, 1.807) is 0 Å². The first-order valence-corrected chi connectivity index (χ1v) is 9.96. The molecule has 3 aromatic rings. The van der Waals surface area contributed by atoms with Gasteiger partial charge in [0.05, 0.1) is 24.5 Å². The van der Waals surface area contributed by atoms with E-state index < -0.39 is 6.10 Å². The molecule has 0 saturated carbocycles. The zero-order chi connectivity index (χ0) is 20.5. The molecule has 1 unspecified atom stereocenters. The van der Waals surface area contributed by atoms with Crippen LogP contribution < -0.4 is 5.32 Å². The Morgan fingerprint density at radius 2 is 1.79 bits per heavy atom. The molecule has 152 valence electrons. The highest BCUT2D eigenvalue weighted by Gasteiger charge is 2.11. The van der Waals surface area contributed by atoms with Crippen molar-refractivity contribution in [1.29, 1.82) is 0 Å². The molecule has 1 aromatic heterocycles. The third kappa shape index (κ3) is 6.19. The van der Waals surface area contributed by atoms with Crippen molar-refractivity contribution >= 4 is 5.96 Å². The fraction of sp³-hybridized carbons (Fsp3) is 0.304. The summed E-state index contributed by atoms with van der Waals surface area (Å²) in [7, 11) is 1.99. The number of nitrogens with one attached hydrogen (secondary N) is 1. The molecule has 3 rings (SSSR count). The van der Waals surface area contributed by atoms with Crippen molar-refractivity contribution in [2.24, 2.45) is 4.99 Å². The molecule has 0 spiro atoms. The molecule has 2 aromatic carbocycles. The minimum Gasteiger partial charge on any atom is -0.391 e. The topological polar surface area (TPSA) is 65.7 Å². The average molecular weight is 392 g/mol. The number of aliphatic imine (C=N–C) groups is 1. The monoisotopic (exact) mass is 391 g/mol. The van der Waals surface area contributed by atoms with E-state index in [9.17, 15) is 5.11 Å². The number of aliphatic hydroxyl groups excluding tert-OH is 1. The Balaban J connectivity index is 1.60. The van der Waals surface area contributed by atoms with Crippen LogP contribution >= 0.6 is 0 Å². The maximum absolute atomic E-state index is 10.4. The molecule has 0 fully saturated rings. The first kappa shape index (κ1) is 20.6. The fourth-order valence-electron chi connectivity index (χ4n) is 3.12. The lowest BCUT2D eigenvalue weighted by molar-refractivity contribution is 0.183. The van der Waals surface area contributed by atoms with Crippen LogP contribution in [0.25, 0.3) is 5.69 Å². The number of hydrogen-bond acceptors (Lipinski definition) is 3. The SMILES string of the molecule is CCNC(=NCC(O)Cc1ccccc1)N(C)Cc1cnn(-c2ccccc2)c1. The van der Waals surface area contributed by atoms with Crippen LogP contribution in [0.5, 0.6) is 0 Å². The van der Waals surface area contributed by atoms with Crippen molar-refractivity contribution in [3.05, 3.63) is 84.2 Å². The van der Waals surface area contributed by atoms with Crippen LogP contribution in [0.15, 0.2) is 78.0 Å². The summed E-state index contributed by atoms with van der Waals surface area (Å²) in [6.07, 6.45) is 3.98. The van der Waals surface area contributed by atoms with Crippen LogP contribution in [0.2, 0.25) is 0 Å². The number of rotatable bonds is 8. The minimum absolute atomic E-state index is 0.352. The number of guanidine groups is 1. The molecular formula is C23H29N5O. The van der Waals surface area contributed by atoms with Gasteiger partial charge in [-0.3, -0.25) is 4.99 Å². The van der Waals surface area contributed by atoms with E-state index in [1.165, 1.54) is 0 Å². The second-order valence-electron chi connectivity index (χ2n) is 7.02. The zero-order valence-electron chi connectivity index (χ0n) is 17.1. The Bertz CT molecular complexity index is 892. The predicted molar refractivity (Wildman–Crippen MR) is 117 cm³/mol. The van der Waals surface area contributed by atoms with Crippen molar-refractivity contribution in [2.75, 3.05) is 20.1 Å². The second-order valence-corrected chi connectivity index (χ2v) is 7.02. The van der Waals surface area contributed by atoms with Gasteiger partial charge in [-0.25, -0.2) is 4.68 Å². The van der Waals surface area contributed by atoms with Crippen LogP contribution in [0.1, 0.15) is 18.1 Å². The van der Waals surface area contributed by atoms with Gasteiger partial charge in [0.1, 0.15) is 0 Å². The molecular weight excluding hydrogens is 362 g/mol. The summed E-state index contributed by atoms with van der Waals surface area (Å²) in [6.45, 7) is 3.83. The van der Waals surface area contributed by atoms with Crippen LogP contribution in [0, 0.1) is 0 Å². The van der Waals surface area contributed by atoms with Crippen LogP contribution in [0.4, 0.5) is 0 Å². The van der Waals surface area contributed by atoms with Crippen molar-refractivity contribution < 1.29 is 5.11 Å². The molecule has 0 aliphatic heterocycles. The molecule has 2 N–H and O–H groups in total. The van der Waals surface area contributed by atoms with Gasteiger partial charge in [-0.2, -0.15) is 5.10 Å². The smallest absolute Gasteiger partial charge is 0.194 e. The van der Waals surface area contributed by atoms with Crippen LogP contribution in [-0.2, 0) is 13.0 Å². The summed E-state index contributed by atoms with van der Waals surface area (Å²) in [5.74, 6) is 0.770. The summed E-state index contributed by atoms with van der Waals surface area (Å²) in [5, 5.41) is 18.1. The molecule has 0 amide bonds. The molecule has 0 saturated heterocycles. The summed E-state index contributed by atoms with van der Waals surface area (Å²) in [6, 6.07) is 20.0. The largest absolute Gasteiger partial charge is 0.391 e. The van der Waals surface area contributed by atoms with Crippen molar-refractivity contribution in [3.63, 3.8) is 0 Å². The fourth-order valence-corrected chi connectivity index (χ4v) is 3.12. The van der Waals surface area contributed by atoms with Gasteiger partial charge in [-0.1, -0.05) is 48.5 Å². The Morgan fingerprint density at radius 3 is 2.48 bits per heavy atom. The van der Waals surface area contributed by atoms with E-state index in [0.717, 1.165) is 29.3 Å². The maximum atomic E-state index is 10.4. The molecule has 29 heavy (non-hydrogen) atoms. The van der Waals surface area contributed by atoms with Gasteiger partial charge >= 0.3 is 0 Å². The summed E-state index contributed by atoms with van der Waals surface area (Å²) in [5.41, 5.74) is 3.24. The zero-order valence-corrected chi connectivity index (χ0v) is 17.1. The highest BCUT2D eigenvalue weighted by molar-refractivity contribution is 5.79. The van der Waals surface area contributed by atoms with E-state index >= 15 is 0 Å². The van der Waals surface area contributed by atoms with E-state index in [-0.39, 0.29) is 0 Å². The van der Waals surface area contributed by atoms with Crippen molar-refractivity contribution in [3.8, 4) is 5.69 Å². The number of benzene rings is 2. The van der Waals surface area contributed by atoms with E-state index in [2.05, 4.69) is 15.4 Å². The van der Waals surface area contributed by atoms with Crippen LogP contribution in [0.3, 0.4) is 0 Å². The molecule has 1 heterocycles. The first-order valence-electron chi connectivity index (χ1n) is 9.96. The third-order valence-corrected chi connectivity index (χ3v) is 4.54. The molecule has 1 atom stereocenters. The quantitative estimate of drug-likeness (QED) is 0.458. The second kappa shape index (κ2) is 10.4. The van der Waals surface area contributed by atoms with Crippen molar-refractivity contribution in [2.45, 2.75) is 26.0 Å². The lowest BCUT2D eigenvalue weighted by atomic mass is 10.1. The standard InChI is InChI=1S/C23H29N5O/c1-3-24-23(25-16-22(29)14-19-10-6-4-7-11-19)27(2)17-20-15-26-28(18-20)21-12-8-5-9-13-21/h4-13,15,18,22,29H,3,14,16-17H2,1-2H3,(H,24,25). The molecule has 0 radical (unpaired) electrons. The van der Waals surface area contributed by atoms with Gasteiger partial charge in [0.25, 0.3) is 0 Å². The predicted octanol–water partition coefficient (Wildman–Crippen LogP) is 2.87. The lowest BCUT2D eigenvalue weighted by Crippen LogP contribution is -2.39. The van der Waals surface area contributed by atoms with E-state index in [0.29, 0.717) is 19.5 Å². The van der Waals surface area contributed by atoms with Gasteiger partial charge in [0.15, 0.2) is 5.96 Å². The summed E-state index contributed by atoms with van der Waals surface area (Å²) >= 11 is 0. The Labute approximate surface area is 172 Å². The third-order valence-electron chi connectivity index (χ3n) is 4.54. The first-order chi connectivity index (χ1) is 14.2. The summed E-state index contributed by atoms with van der Waals surface area (Å²) in [4.78, 5) is 6.67. The van der Waals surface area contributed by atoms with Gasteiger partial charge in [-0.15, -0.1) is 0 Å². The lowest BCUT2D eigenvalue weighted by Gasteiger charge is -2.22.